The minimum Gasteiger partial charge on any atom is -0.481 e. The average Bonchev–Trinajstić information content (AvgIpc) is 2.60. The summed E-state index contributed by atoms with van der Waals surface area (Å²) < 4.78 is 5.46. The Bertz CT molecular complexity index is 762. The zero-order valence-corrected chi connectivity index (χ0v) is 13.4. The van der Waals surface area contributed by atoms with E-state index in [2.05, 4.69) is 10.9 Å². The van der Waals surface area contributed by atoms with Gasteiger partial charge < -0.3 is 4.74 Å². The second-order valence-corrected chi connectivity index (χ2v) is 5.21. The van der Waals surface area contributed by atoms with Crippen molar-refractivity contribution in [1.29, 1.82) is 5.26 Å². The van der Waals surface area contributed by atoms with Crippen LogP contribution in [0.2, 0.25) is 0 Å². The smallest absolute Gasteiger partial charge is 0.279 e. The second-order valence-electron chi connectivity index (χ2n) is 5.21. The van der Waals surface area contributed by atoms with Crippen molar-refractivity contribution in [1.82, 2.24) is 10.9 Å². The fraction of sp³-hybridized carbons (Fsp3) is 0.167. The highest BCUT2D eigenvalue weighted by atomic mass is 16.5. The molecule has 1 unspecified atom stereocenters. The summed E-state index contributed by atoms with van der Waals surface area (Å²) in [5.41, 5.74) is 6.66. The topological polar surface area (TPSA) is 91.2 Å². The molecule has 0 aliphatic rings. The highest BCUT2D eigenvalue weighted by molar-refractivity contribution is 5.95. The maximum atomic E-state index is 12.0. The molecular weight excluding hydrogens is 306 g/mol. The van der Waals surface area contributed by atoms with Crippen molar-refractivity contribution >= 4 is 11.8 Å². The van der Waals surface area contributed by atoms with E-state index < -0.39 is 17.9 Å². The average molecular weight is 323 g/mol. The number of hydrazine groups is 1. The summed E-state index contributed by atoms with van der Waals surface area (Å²) in [6.07, 6.45) is -0.809. The summed E-state index contributed by atoms with van der Waals surface area (Å²) in [7, 11) is 0. The van der Waals surface area contributed by atoms with Crippen LogP contribution in [0.25, 0.3) is 0 Å². The van der Waals surface area contributed by atoms with Gasteiger partial charge in [0.1, 0.15) is 5.75 Å². The van der Waals surface area contributed by atoms with E-state index >= 15 is 0 Å². The molecule has 0 aliphatic carbocycles. The lowest BCUT2D eigenvalue weighted by molar-refractivity contribution is -0.128. The Hall–Kier alpha value is -3.33. The van der Waals surface area contributed by atoms with E-state index in [-0.39, 0.29) is 0 Å². The fourth-order valence-corrected chi connectivity index (χ4v) is 1.86. The van der Waals surface area contributed by atoms with Gasteiger partial charge in [-0.1, -0.05) is 17.7 Å². The van der Waals surface area contributed by atoms with Crippen LogP contribution in [0.4, 0.5) is 0 Å². The molecule has 0 fully saturated rings. The van der Waals surface area contributed by atoms with Crippen molar-refractivity contribution in [3.8, 4) is 11.8 Å². The van der Waals surface area contributed by atoms with E-state index in [1.54, 1.807) is 43.3 Å². The van der Waals surface area contributed by atoms with Crippen molar-refractivity contribution in [3.05, 3.63) is 65.2 Å². The Balaban J connectivity index is 1.85. The van der Waals surface area contributed by atoms with Crippen LogP contribution in [-0.2, 0) is 4.79 Å². The molecule has 0 spiro atoms. The molecule has 0 aliphatic heterocycles. The van der Waals surface area contributed by atoms with Crippen LogP contribution in [0.15, 0.2) is 48.5 Å². The first kappa shape index (κ1) is 17.0. The molecule has 0 saturated heterocycles. The Morgan fingerprint density at radius 2 is 1.67 bits per heavy atom. The number of nitriles is 1. The van der Waals surface area contributed by atoms with Gasteiger partial charge in [-0.15, -0.1) is 0 Å². The van der Waals surface area contributed by atoms with Gasteiger partial charge >= 0.3 is 0 Å². The molecule has 122 valence electrons. The van der Waals surface area contributed by atoms with Gasteiger partial charge in [0, 0.05) is 5.56 Å². The van der Waals surface area contributed by atoms with Crippen molar-refractivity contribution in [2.45, 2.75) is 20.0 Å². The Labute approximate surface area is 140 Å². The van der Waals surface area contributed by atoms with Crippen LogP contribution in [0.1, 0.15) is 28.4 Å². The third kappa shape index (κ3) is 4.58. The number of aryl methyl sites for hydroxylation is 1. The zero-order valence-electron chi connectivity index (χ0n) is 13.4. The summed E-state index contributed by atoms with van der Waals surface area (Å²) in [4.78, 5) is 23.9. The molecular formula is C18H17N3O3. The van der Waals surface area contributed by atoms with E-state index in [1.165, 1.54) is 0 Å². The first-order valence-electron chi connectivity index (χ1n) is 7.33. The molecule has 24 heavy (non-hydrogen) atoms. The summed E-state index contributed by atoms with van der Waals surface area (Å²) in [5, 5.41) is 8.73. The molecule has 2 amide bonds. The molecule has 2 aromatic rings. The number of carbonyl (C=O) groups is 2. The second kappa shape index (κ2) is 7.79. The van der Waals surface area contributed by atoms with Crippen LogP contribution in [-0.4, -0.2) is 17.9 Å². The monoisotopic (exact) mass is 323 g/mol. The molecule has 6 heteroatoms. The van der Waals surface area contributed by atoms with E-state index in [9.17, 15) is 9.59 Å². The van der Waals surface area contributed by atoms with Crippen LogP contribution in [0, 0.1) is 18.3 Å². The maximum Gasteiger partial charge on any atom is 0.279 e. The van der Waals surface area contributed by atoms with Gasteiger partial charge in [-0.3, -0.25) is 20.4 Å². The van der Waals surface area contributed by atoms with Gasteiger partial charge in [-0.05, 0) is 50.2 Å². The molecule has 1 atom stereocenters. The predicted octanol–water partition coefficient (Wildman–Crippen LogP) is 2.10. The Morgan fingerprint density at radius 3 is 2.25 bits per heavy atom. The largest absolute Gasteiger partial charge is 0.481 e. The van der Waals surface area contributed by atoms with Crippen molar-refractivity contribution < 1.29 is 14.3 Å². The summed E-state index contributed by atoms with van der Waals surface area (Å²) >= 11 is 0. The minimum atomic E-state index is -0.809. The number of benzene rings is 2. The van der Waals surface area contributed by atoms with E-state index in [4.69, 9.17) is 10.00 Å². The molecule has 0 bridgehead atoms. The minimum absolute atomic E-state index is 0.408. The fourth-order valence-electron chi connectivity index (χ4n) is 1.86. The Kier molecular flexibility index (Phi) is 5.53. The summed E-state index contributed by atoms with van der Waals surface area (Å²) in [6, 6.07) is 15.4. The standard InChI is InChI=1S/C18H17N3O3/c1-12-3-7-15(8-4-12)18(23)21-20-17(22)13(2)24-16-9-5-14(11-19)6-10-16/h3-10,13H,1-2H3,(H,20,22)(H,21,23). The van der Waals surface area contributed by atoms with Crippen molar-refractivity contribution in [2.75, 3.05) is 0 Å². The van der Waals surface area contributed by atoms with Gasteiger partial charge in [0.15, 0.2) is 6.10 Å². The number of ether oxygens (including phenoxy) is 1. The number of nitrogens with zero attached hydrogens (tertiary/aromatic N) is 1. The van der Waals surface area contributed by atoms with Crippen molar-refractivity contribution in [3.63, 3.8) is 0 Å². The van der Waals surface area contributed by atoms with Crippen LogP contribution >= 0.6 is 0 Å². The first-order valence-corrected chi connectivity index (χ1v) is 7.33. The lowest BCUT2D eigenvalue weighted by atomic mass is 10.1. The van der Waals surface area contributed by atoms with Gasteiger partial charge in [0.25, 0.3) is 11.8 Å². The summed E-state index contributed by atoms with van der Waals surface area (Å²) in [6.45, 7) is 3.48. The van der Waals surface area contributed by atoms with E-state index in [0.717, 1.165) is 5.56 Å². The van der Waals surface area contributed by atoms with E-state index in [0.29, 0.717) is 16.9 Å². The van der Waals surface area contributed by atoms with Gasteiger partial charge in [0.2, 0.25) is 0 Å². The lowest BCUT2D eigenvalue weighted by Gasteiger charge is -2.15. The number of carbonyl (C=O) groups excluding carboxylic acids is 2. The normalized spacial score (nSPS) is 11.0. The van der Waals surface area contributed by atoms with Crippen molar-refractivity contribution in [2.24, 2.45) is 0 Å². The molecule has 0 aromatic heterocycles. The van der Waals surface area contributed by atoms with Gasteiger partial charge in [-0.25, -0.2) is 0 Å². The molecule has 0 saturated carbocycles. The predicted molar refractivity (Wildman–Crippen MR) is 88.0 cm³/mol. The SMILES string of the molecule is Cc1ccc(C(=O)NNC(=O)C(C)Oc2ccc(C#N)cc2)cc1. The number of rotatable bonds is 4. The number of amides is 2. The molecule has 6 nitrogen and oxygen atoms in total. The number of nitrogens with one attached hydrogen (secondary N) is 2. The van der Waals surface area contributed by atoms with Crippen LogP contribution < -0.4 is 15.6 Å². The quantitative estimate of drug-likeness (QED) is 0.843. The molecule has 2 N–H and O–H groups in total. The zero-order chi connectivity index (χ0) is 17.5. The highest BCUT2D eigenvalue weighted by Gasteiger charge is 2.15. The number of hydrogen-bond acceptors (Lipinski definition) is 4. The molecule has 0 heterocycles. The highest BCUT2D eigenvalue weighted by Crippen LogP contribution is 2.13. The molecule has 0 radical (unpaired) electrons. The van der Waals surface area contributed by atoms with E-state index in [1.807, 2.05) is 25.1 Å². The summed E-state index contributed by atoms with van der Waals surface area (Å²) in [5.74, 6) is -0.435. The van der Waals surface area contributed by atoms with Gasteiger partial charge in [-0.2, -0.15) is 5.26 Å². The lowest BCUT2D eigenvalue weighted by Crippen LogP contribution is -2.47. The van der Waals surface area contributed by atoms with Crippen LogP contribution in [0.3, 0.4) is 0 Å². The third-order valence-corrected chi connectivity index (χ3v) is 3.28. The Morgan fingerprint density at radius 1 is 1.04 bits per heavy atom. The third-order valence-electron chi connectivity index (χ3n) is 3.28. The molecule has 2 rings (SSSR count). The number of hydrogen-bond donors (Lipinski definition) is 2. The maximum absolute atomic E-state index is 12.0. The first-order chi connectivity index (χ1) is 11.5. The molecule has 2 aromatic carbocycles. The van der Waals surface area contributed by atoms with Crippen LogP contribution in [0.5, 0.6) is 5.75 Å². The van der Waals surface area contributed by atoms with Gasteiger partial charge in [0.05, 0.1) is 11.6 Å².